The van der Waals surface area contributed by atoms with E-state index in [4.69, 9.17) is 0 Å². The first-order valence-corrected chi connectivity index (χ1v) is 5.36. The van der Waals surface area contributed by atoms with Gasteiger partial charge in [0, 0.05) is 11.1 Å². The highest BCUT2D eigenvalue weighted by molar-refractivity contribution is 7.15. The van der Waals surface area contributed by atoms with E-state index < -0.39 is 0 Å². The van der Waals surface area contributed by atoms with Gasteiger partial charge in [-0.3, -0.25) is 0 Å². The number of thiophene rings is 1. The topological polar surface area (TPSA) is 15.8 Å². The van der Waals surface area contributed by atoms with E-state index in [1.165, 1.54) is 21.0 Å². The summed E-state index contributed by atoms with van der Waals surface area (Å²) in [6.45, 7) is 4.33. The van der Waals surface area contributed by atoms with Crippen LogP contribution in [-0.2, 0) is 6.42 Å². The average Bonchev–Trinajstić information content (AvgIpc) is 2.71. The third-order valence-electron chi connectivity index (χ3n) is 2.21. The third-order valence-corrected chi connectivity index (χ3v) is 3.46. The van der Waals surface area contributed by atoms with E-state index in [0.717, 1.165) is 6.42 Å². The van der Waals surface area contributed by atoms with Gasteiger partial charge >= 0.3 is 0 Å². The summed E-state index contributed by atoms with van der Waals surface area (Å²) in [6.07, 6.45) is 3.13. The minimum absolute atomic E-state index is 1.13. The summed E-state index contributed by atoms with van der Waals surface area (Å²) < 4.78 is 0. The highest BCUT2D eigenvalue weighted by Gasteiger charge is 2.04. The Balaban J connectivity index is 2.41. The van der Waals surface area contributed by atoms with Crippen LogP contribution in [-0.4, -0.2) is 4.98 Å². The Hall–Kier alpha value is -1.02. The standard InChI is InChI=1S/C11H13NS/c1-3-9-4-5-10(13-9)11-8(2)6-7-12-11/h4-7,12H,3H2,1-2H3. The highest BCUT2D eigenvalue weighted by atomic mass is 32.1. The summed E-state index contributed by atoms with van der Waals surface area (Å²) in [5.74, 6) is 0. The summed E-state index contributed by atoms with van der Waals surface area (Å²) in [7, 11) is 0. The Labute approximate surface area is 82.4 Å². The van der Waals surface area contributed by atoms with Gasteiger partial charge in [0.05, 0.1) is 10.6 Å². The molecule has 13 heavy (non-hydrogen) atoms. The maximum absolute atomic E-state index is 3.27. The summed E-state index contributed by atoms with van der Waals surface area (Å²) in [5, 5.41) is 0. The molecule has 68 valence electrons. The van der Waals surface area contributed by atoms with Gasteiger partial charge < -0.3 is 4.98 Å². The Morgan fingerprint density at radius 3 is 2.69 bits per heavy atom. The molecule has 1 N–H and O–H groups in total. The zero-order valence-electron chi connectivity index (χ0n) is 7.92. The smallest absolute Gasteiger partial charge is 0.0585 e. The molecule has 2 heteroatoms. The molecule has 0 aliphatic carbocycles. The van der Waals surface area contributed by atoms with Gasteiger partial charge in [-0.05, 0) is 37.1 Å². The van der Waals surface area contributed by atoms with Crippen LogP contribution < -0.4 is 0 Å². The van der Waals surface area contributed by atoms with Crippen molar-refractivity contribution in [3.63, 3.8) is 0 Å². The minimum atomic E-state index is 1.13. The Kier molecular flexibility index (Phi) is 2.23. The van der Waals surface area contributed by atoms with E-state index in [9.17, 15) is 0 Å². The minimum Gasteiger partial charge on any atom is -0.360 e. The number of aromatic nitrogens is 1. The lowest BCUT2D eigenvalue weighted by atomic mass is 10.2. The normalized spacial score (nSPS) is 10.6. The second-order valence-electron chi connectivity index (χ2n) is 3.16. The lowest BCUT2D eigenvalue weighted by Gasteiger charge is -1.94. The van der Waals surface area contributed by atoms with Crippen LogP contribution in [0, 0.1) is 6.92 Å². The molecule has 0 atom stereocenters. The van der Waals surface area contributed by atoms with Crippen LogP contribution in [0.15, 0.2) is 24.4 Å². The number of hydrogen-bond acceptors (Lipinski definition) is 1. The van der Waals surface area contributed by atoms with E-state index in [1.54, 1.807) is 0 Å². The Morgan fingerprint density at radius 2 is 2.15 bits per heavy atom. The van der Waals surface area contributed by atoms with Gasteiger partial charge in [0.1, 0.15) is 0 Å². The van der Waals surface area contributed by atoms with Crippen molar-refractivity contribution >= 4 is 11.3 Å². The molecule has 2 aromatic rings. The summed E-state index contributed by atoms with van der Waals surface area (Å²) in [6, 6.07) is 6.52. The number of aryl methyl sites for hydroxylation is 2. The molecule has 0 aliphatic heterocycles. The molecule has 0 amide bonds. The maximum atomic E-state index is 3.27. The van der Waals surface area contributed by atoms with Crippen LogP contribution >= 0.6 is 11.3 Å². The number of nitrogens with one attached hydrogen (secondary N) is 1. The fourth-order valence-corrected chi connectivity index (χ4v) is 2.44. The highest BCUT2D eigenvalue weighted by Crippen LogP contribution is 2.29. The molecule has 2 aromatic heterocycles. The second-order valence-corrected chi connectivity index (χ2v) is 4.32. The number of aromatic amines is 1. The van der Waals surface area contributed by atoms with Crippen LogP contribution in [0.3, 0.4) is 0 Å². The van der Waals surface area contributed by atoms with Crippen molar-refractivity contribution in [2.45, 2.75) is 20.3 Å². The first kappa shape index (κ1) is 8.57. The van der Waals surface area contributed by atoms with E-state index in [-0.39, 0.29) is 0 Å². The summed E-state index contributed by atoms with van der Waals surface area (Å²) in [5.41, 5.74) is 2.59. The molecular weight excluding hydrogens is 178 g/mol. The third kappa shape index (κ3) is 1.54. The van der Waals surface area contributed by atoms with Crippen molar-refractivity contribution in [2.75, 3.05) is 0 Å². The largest absolute Gasteiger partial charge is 0.360 e. The molecule has 2 heterocycles. The second kappa shape index (κ2) is 3.38. The van der Waals surface area contributed by atoms with Crippen LogP contribution in [0.4, 0.5) is 0 Å². The van der Waals surface area contributed by atoms with Gasteiger partial charge in [0.15, 0.2) is 0 Å². The molecular formula is C11H13NS. The average molecular weight is 191 g/mol. The van der Waals surface area contributed by atoms with Crippen LogP contribution in [0.25, 0.3) is 10.6 Å². The van der Waals surface area contributed by atoms with Crippen molar-refractivity contribution in [2.24, 2.45) is 0 Å². The lowest BCUT2D eigenvalue weighted by Crippen LogP contribution is -1.73. The Bertz CT molecular complexity index is 398. The molecule has 0 saturated carbocycles. The zero-order valence-corrected chi connectivity index (χ0v) is 8.74. The van der Waals surface area contributed by atoms with Crippen molar-refractivity contribution in [1.29, 1.82) is 0 Å². The van der Waals surface area contributed by atoms with E-state index in [1.807, 2.05) is 17.5 Å². The zero-order chi connectivity index (χ0) is 9.26. The predicted octanol–water partition coefficient (Wildman–Crippen LogP) is 3.61. The van der Waals surface area contributed by atoms with Gasteiger partial charge in [-0.1, -0.05) is 6.92 Å². The molecule has 0 saturated heterocycles. The van der Waals surface area contributed by atoms with Crippen molar-refractivity contribution in [3.05, 3.63) is 34.8 Å². The quantitative estimate of drug-likeness (QED) is 0.746. The van der Waals surface area contributed by atoms with E-state index in [2.05, 4.69) is 37.0 Å². The van der Waals surface area contributed by atoms with Crippen LogP contribution in [0.2, 0.25) is 0 Å². The SMILES string of the molecule is CCc1ccc(-c2[nH]ccc2C)s1. The molecule has 0 aliphatic rings. The van der Waals surface area contributed by atoms with Crippen LogP contribution in [0.5, 0.6) is 0 Å². The monoisotopic (exact) mass is 191 g/mol. The fraction of sp³-hybridized carbons (Fsp3) is 0.273. The number of H-pyrrole nitrogens is 1. The lowest BCUT2D eigenvalue weighted by molar-refractivity contribution is 1.19. The molecule has 1 nitrogen and oxygen atoms in total. The molecule has 0 unspecified atom stereocenters. The Morgan fingerprint density at radius 1 is 1.31 bits per heavy atom. The van der Waals surface area contributed by atoms with Crippen molar-refractivity contribution in [3.8, 4) is 10.6 Å². The molecule has 0 fully saturated rings. The van der Waals surface area contributed by atoms with Gasteiger partial charge in [0.25, 0.3) is 0 Å². The molecule has 0 aromatic carbocycles. The fourth-order valence-electron chi connectivity index (χ4n) is 1.41. The molecule has 0 radical (unpaired) electrons. The first-order chi connectivity index (χ1) is 6.31. The summed E-state index contributed by atoms with van der Waals surface area (Å²) >= 11 is 1.87. The number of hydrogen-bond donors (Lipinski definition) is 1. The first-order valence-electron chi connectivity index (χ1n) is 4.54. The molecule has 2 rings (SSSR count). The van der Waals surface area contributed by atoms with Gasteiger partial charge in [-0.25, -0.2) is 0 Å². The van der Waals surface area contributed by atoms with E-state index >= 15 is 0 Å². The molecule has 0 bridgehead atoms. The maximum Gasteiger partial charge on any atom is 0.0585 e. The van der Waals surface area contributed by atoms with Crippen LogP contribution in [0.1, 0.15) is 17.4 Å². The van der Waals surface area contributed by atoms with Gasteiger partial charge in [-0.15, -0.1) is 11.3 Å². The summed E-state index contributed by atoms with van der Waals surface area (Å²) in [4.78, 5) is 6.06. The van der Waals surface area contributed by atoms with Crippen molar-refractivity contribution < 1.29 is 0 Å². The van der Waals surface area contributed by atoms with Crippen molar-refractivity contribution in [1.82, 2.24) is 4.98 Å². The van der Waals surface area contributed by atoms with E-state index in [0.29, 0.717) is 0 Å². The number of rotatable bonds is 2. The van der Waals surface area contributed by atoms with Gasteiger partial charge in [-0.2, -0.15) is 0 Å². The predicted molar refractivity (Wildman–Crippen MR) is 58.2 cm³/mol. The molecule has 0 spiro atoms. The van der Waals surface area contributed by atoms with Gasteiger partial charge in [0.2, 0.25) is 0 Å².